The van der Waals surface area contributed by atoms with Gasteiger partial charge in [0.15, 0.2) is 0 Å². The van der Waals surface area contributed by atoms with Gasteiger partial charge in [-0.3, -0.25) is 4.79 Å². The van der Waals surface area contributed by atoms with Crippen LogP contribution in [0.5, 0.6) is 0 Å². The Labute approximate surface area is 142 Å². The first-order valence-corrected chi connectivity index (χ1v) is 9.88. The van der Waals surface area contributed by atoms with Crippen molar-refractivity contribution in [1.82, 2.24) is 10.6 Å². The van der Waals surface area contributed by atoms with E-state index in [1.165, 1.54) is 32.1 Å². The first-order valence-electron chi connectivity index (χ1n) is 9.88. The van der Waals surface area contributed by atoms with Crippen LogP contribution in [0.4, 0.5) is 0 Å². The Hall–Kier alpha value is -0.610. The van der Waals surface area contributed by atoms with E-state index in [1.807, 2.05) is 0 Å². The maximum absolute atomic E-state index is 12.4. The fraction of sp³-hybridized carbons (Fsp3) is 0.947. The summed E-state index contributed by atoms with van der Waals surface area (Å²) in [5.41, 5.74) is 0. The maximum Gasteiger partial charge on any atom is 0.237 e. The molecular formula is C19H36N2O2. The van der Waals surface area contributed by atoms with Gasteiger partial charge in [-0.05, 0) is 44.1 Å². The lowest BCUT2D eigenvalue weighted by Gasteiger charge is -2.26. The Bertz CT molecular complexity index is 323. The summed E-state index contributed by atoms with van der Waals surface area (Å²) in [7, 11) is 0. The van der Waals surface area contributed by atoms with Crippen LogP contribution in [-0.4, -0.2) is 38.3 Å². The molecule has 1 saturated carbocycles. The van der Waals surface area contributed by atoms with Crippen LogP contribution in [0.2, 0.25) is 0 Å². The summed E-state index contributed by atoms with van der Waals surface area (Å²) in [5.74, 6) is 1.71. The third-order valence-corrected chi connectivity index (χ3v) is 5.46. The predicted octanol–water partition coefficient (Wildman–Crippen LogP) is 3.26. The number of nitrogens with one attached hydrogen (secondary N) is 2. The maximum atomic E-state index is 12.4. The van der Waals surface area contributed by atoms with Crippen molar-refractivity contribution >= 4 is 5.91 Å². The van der Waals surface area contributed by atoms with Crippen LogP contribution in [0.25, 0.3) is 0 Å². The van der Waals surface area contributed by atoms with Gasteiger partial charge in [-0.15, -0.1) is 0 Å². The number of hydrogen-bond acceptors (Lipinski definition) is 3. The molecule has 2 N–H and O–H groups in total. The van der Waals surface area contributed by atoms with Crippen LogP contribution < -0.4 is 10.6 Å². The van der Waals surface area contributed by atoms with E-state index >= 15 is 0 Å². The van der Waals surface area contributed by atoms with E-state index in [1.54, 1.807) is 0 Å². The lowest BCUT2D eigenvalue weighted by Crippen LogP contribution is -2.46. The highest BCUT2D eigenvalue weighted by atomic mass is 16.5. The largest absolute Gasteiger partial charge is 0.381 e. The Morgan fingerprint density at radius 3 is 2.52 bits per heavy atom. The molecule has 2 rings (SSSR count). The quantitative estimate of drug-likeness (QED) is 0.684. The molecule has 0 aromatic rings. The van der Waals surface area contributed by atoms with E-state index in [9.17, 15) is 4.79 Å². The van der Waals surface area contributed by atoms with Crippen LogP contribution in [0.1, 0.15) is 71.1 Å². The van der Waals surface area contributed by atoms with Crippen LogP contribution in [0.3, 0.4) is 0 Å². The third-order valence-electron chi connectivity index (χ3n) is 5.46. The van der Waals surface area contributed by atoms with Gasteiger partial charge in [-0.2, -0.15) is 0 Å². The number of rotatable bonds is 9. The molecule has 0 aromatic heterocycles. The van der Waals surface area contributed by atoms with Crippen molar-refractivity contribution in [3.8, 4) is 0 Å². The summed E-state index contributed by atoms with van der Waals surface area (Å²) in [6.07, 6.45) is 12.2. The average Bonchev–Trinajstić information content (AvgIpc) is 2.60. The molecule has 1 aliphatic carbocycles. The van der Waals surface area contributed by atoms with E-state index in [4.69, 9.17) is 4.74 Å². The van der Waals surface area contributed by atoms with Gasteiger partial charge in [0.2, 0.25) is 5.91 Å². The highest BCUT2D eigenvalue weighted by Crippen LogP contribution is 2.25. The lowest BCUT2D eigenvalue weighted by atomic mass is 9.87. The first-order chi connectivity index (χ1) is 11.3. The van der Waals surface area contributed by atoms with E-state index in [2.05, 4.69) is 17.6 Å². The van der Waals surface area contributed by atoms with Gasteiger partial charge in [0.1, 0.15) is 0 Å². The second-order valence-corrected chi connectivity index (χ2v) is 7.39. The van der Waals surface area contributed by atoms with Crippen molar-refractivity contribution in [1.29, 1.82) is 0 Å². The highest BCUT2D eigenvalue weighted by Gasteiger charge is 2.20. The molecule has 0 aromatic carbocycles. The Morgan fingerprint density at radius 1 is 1.09 bits per heavy atom. The molecule has 0 bridgehead atoms. The Balaban J connectivity index is 1.64. The summed E-state index contributed by atoms with van der Waals surface area (Å²) in [5, 5.41) is 6.69. The summed E-state index contributed by atoms with van der Waals surface area (Å²) >= 11 is 0. The van der Waals surface area contributed by atoms with E-state index in [0.717, 1.165) is 64.3 Å². The molecule has 1 saturated heterocycles. The minimum Gasteiger partial charge on any atom is -0.381 e. The summed E-state index contributed by atoms with van der Waals surface area (Å²) in [6, 6.07) is -0.0193. The van der Waals surface area contributed by atoms with Gasteiger partial charge < -0.3 is 15.4 Å². The van der Waals surface area contributed by atoms with Crippen LogP contribution in [0.15, 0.2) is 0 Å². The van der Waals surface area contributed by atoms with Crippen molar-refractivity contribution < 1.29 is 9.53 Å². The standard InChI is InChI=1S/C19H36N2O2/c1-2-6-18(21-15-17-10-13-23-14-11-17)19(22)20-12-9-16-7-4-3-5-8-16/h16-18,21H,2-15H2,1H3,(H,20,22)/t18-/m0/s1. The number of carbonyl (C=O) groups is 1. The zero-order valence-corrected chi connectivity index (χ0v) is 14.9. The predicted molar refractivity (Wildman–Crippen MR) is 94.4 cm³/mol. The van der Waals surface area contributed by atoms with Crippen molar-refractivity contribution in [2.75, 3.05) is 26.3 Å². The molecule has 0 unspecified atom stereocenters. The Kier molecular flexibility index (Phi) is 8.98. The molecule has 4 heteroatoms. The molecule has 1 amide bonds. The van der Waals surface area contributed by atoms with E-state index in [-0.39, 0.29) is 11.9 Å². The van der Waals surface area contributed by atoms with Crippen LogP contribution in [0, 0.1) is 11.8 Å². The molecule has 4 nitrogen and oxygen atoms in total. The smallest absolute Gasteiger partial charge is 0.237 e. The average molecular weight is 325 g/mol. The van der Waals surface area contributed by atoms with E-state index in [0.29, 0.717) is 5.92 Å². The van der Waals surface area contributed by atoms with Gasteiger partial charge in [-0.25, -0.2) is 0 Å². The van der Waals surface area contributed by atoms with Crippen molar-refractivity contribution in [2.24, 2.45) is 11.8 Å². The second kappa shape index (κ2) is 11.0. The first kappa shape index (κ1) is 18.7. The molecule has 1 heterocycles. The topological polar surface area (TPSA) is 50.4 Å². The normalized spacial score (nSPS) is 22.0. The van der Waals surface area contributed by atoms with Gasteiger partial charge in [0.25, 0.3) is 0 Å². The molecule has 2 fully saturated rings. The summed E-state index contributed by atoms with van der Waals surface area (Å²) in [6.45, 7) is 5.70. The van der Waals surface area contributed by atoms with E-state index < -0.39 is 0 Å². The van der Waals surface area contributed by atoms with Crippen molar-refractivity contribution in [2.45, 2.75) is 77.2 Å². The highest BCUT2D eigenvalue weighted by molar-refractivity contribution is 5.81. The molecule has 23 heavy (non-hydrogen) atoms. The van der Waals surface area contributed by atoms with Crippen LogP contribution >= 0.6 is 0 Å². The SMILES string of the molecule is CCC[C@H](NCC1CCOCC1)C(=O)NCCC1CCCCC1. The van der Waals surface area contributed by atoms with Gasteiger partial charge in [0.05, 0.1) is 6.04 Å². The summed E-state index contributed by atoms with van der Waals surface area (Å²) < 4.78 is 5.41. The van der Waals surface area contributed by atoms with Crippen LogP contribution in [-0.2, 0) is 9.53 Å². The molecule has 0 radical (unpaired) electrons. The molecule has 134 valence electrons. The summed E-state index contributed by atoms with van der Waals surface area (Å²) in [4.78, 5) is 12.4. The molecular weight excluding hydrogens is 288 g/mol. The third kappa shape index (κ3) is 7.21. The van der Waals surface area contributed by atoms with Crippen molar-refractivity contribution in [3.05, 3.63) is 0 Å². The molecule has 2 aliphatic rings. The van der Waals surface area contributed by atoms with Crippen molar-refractivity contribution in [3.63, 3.8) is 0 Å². The van der Waals surface area contributed by atoms with Gasteiger partial charge >= 0.3 is 0 Å². The molecule has 1 atom stereocenters. The molecule has 1 aliphatic heterocycles. The fourth-order valence-corrected chi connectivity index (χ4v) is 3.87. The fourth-order valence-electron chi connectivity index (χ4n) is 3.87. The second-order valence-electron chi connectivity index (χ2n) is 7.39. The van der Waals surface area contributed by atoms with Gasteiger partial charge in [-0.1, -0.05) is 45.4 Å². The molecule has 0 spiro atoms. The number of ether oxygens (including phenoxy) is 1. The number of hydrogen-bond donors (Lipinski definition) is 2. The number of carbonyl (C=O) groups excluding carboxylic acids is 1. The lowest BCUT2D eigenvalue weighted by molar-refractivity contribution is -0.123. The number of amides is 1. The minimum atomic E-state index is -0.0193. The Morgan fingerprint density at radius 2 is 1.83 bits per heavy atom. The zero-order chi connectivity index (χ0) is 16.3. The minimum absolute atomic E-state index is 0.0193. The van der Waals surface area contributed by atoms with Gasteiger partial charge in [0, 0.05) is 19.8 Å². The zero-order valence-electron chi connectivity index (χ0n) is 14.9. The monoisotopic (exact) mass is 324 g/mol.